The van der Waals surface area contributed by atoms with E-state index < -0.39 is 0 Å². The molecule has 2 aromatic rings. The number of aromatic nitrogens is 2. The van der Waals surface area contributed by atoms with Crippen molar-refractivity contribution in [2.24, 2.45) is 7.05 Å². The summed E-state index contributed by atoms with van der Waals surface area (Å²) in [6, 6.07) is 7.08. The van der Waals surface area contributed by atoms with E-state index >= 15 is 0 Å². The van der Waals surface area contributed by atoms with Crippen LogP contribution < -0.4 is 5.32 Å². The van der Waals surface area contributed by atoms with Gasteiger partial charge in [-0.15, -0.1) is 0 Å². The van der Waals surface area contributed by atoms with Crippen LogP contribution in [0.1, 0.15) is 29.9 Å². The second kappa shape index (κ2) is 6.37. The van der Waals surface area contributed by atoms with Crippen LogP contribution in [0.2, 0.25) is 5.02 Å². The molecule has 0 bridgehead atoms. The molecule has 0 aliphatic heterocycles. The third-order valence-electron chi connectivity index (χ3n) is 3.46. The van der Waals surface area contributed by atoms with Gasteiger partial charge in [0.15, 0.2) is 0 Å². The van der Waals surface area contributed by atoms with E-state index in [4.69, 9.17) is 11.6 Å². The lowest BCUT2D eigenvalue weighted by Crippen LogP contribution is -2.21. The van der Waals surface area contributed by atoms with Gasteiger partial charge in [-0.05, 0) is 43.7 Å². The van der Waals surface area contributed by atoms with Gasteiger partial charge in [-0.3, -0.25) is 4.68 Å². The summed E-state index contributed by atoms with van der Waals surface area (Å²) in [6.07, 6.45) is 1.64. The van der Waals surface area contributed by atoms with Crippen LogP contribution in [0.3, 0.4) is 0 Å². The molecule has 1 N–H and O–H groups in total. The Bertz CT molecular complexity index is 595. The first kappa shape index (κ1) is 15.0. The summed E-state index contributed by atoms with van der Waals surface area (Å²) in [5.74, 6) is -0.384. The van der Waals surface area contributed by atoms with Crippen molar-refractivity contribution in [3.8, 4) is 0 Å². The highest BCUT2D eigenvalue weighted by molar-refractivity contribution is 6.30. The summed E-state index contributed by atoms with van der Waals surface area (Å²) in [5.41, 5.74) is 3.18. The van der Waals surface area contributed by atoms with Gasteiger partial charge in [0.25, 0.3) is 0 Å². The topological polar surface area (TPSA) is 29.9 Å². The van der Waals surface area contributed by atoms with Crippen molar-refractivity contribution in [2.75, 3.05) is 7.05 Å². The summed E-state index contributed by atoms with van der Waals surface area (Å²) in [4.78, 5) is 0. The Balaban J connectivity index is 2.23. The molecule has 0 fully saturated rings. The maximum absolute atomic E-state index is 13.2. The van der Waals surface area contributed by atoms with Crippen LogP contribution in [0, 0.1) is 5.82 Å². The minimum atomic E-state index is -0.384. The molecule has 0 saturated heterocycles. The average molecular weight is 296 g/mol. The first-order valence-corrected chi connectivity index (χ1v) is 7.07. The van der Waals surface area contributed by atoms with Gasteiger partial charge in [0.05, 0.1) is 22.5 Å². The third kappa shape index (κ3) is 3.19. The molecule has 0 amide bonds. The predicted molar refractivity (Wildman–Crippen MR) is 79.5 cm³/mol. The first-order chi connectivity index (χ1) is 9.55. The Hall–Kier alpha value is -1.39. The van der Waals surface area contributed by atoms with E-state index in [0.29, 0.717) is 0 Å². The van der Waals surface area contributed by atoms with E-state index in [1.807, 2.05) is 18.8 Å². The van der Waals surface area contributed by atoms with E-state index in [1.165, 1.54) is 6.07 Å². The molecule has 0 radical (unpaired) electrons. The average Bonchev–Trinajstić information content (AvgIpc) is 2.81. The number of hydrogen-bond donors (Lipinski definition) is 1. The second-order valence-electron chi connectivity index (χ2n) is 4.83. The number of nitrogens with zero attached hydrogens (tertiary/aromatic N) is 2. The molecule has 2 rings (SSSR count). The van der Waals surface area contributed by atoms with E-state index in [0.717, 1.165) is 29.8 Å². The Morgan fingerprint density at radius 3 is 2.70 bits per heavy atom. The van der Waals surface area contributed by atoms with Gasteiger partial charge in [-0.2, -0.15) is 5.10 Å². The quantitative estimate of drug-likeness (QED) is 0.917. The Labute approximate surface area is 123 Å². The summed E-state index contributed by atoms with van der Waals surface area (Å²) in [5, 5.41) is 7.91. The lowest BCUT2D eigenvalue weighted by molar-refractivity contribution is 0.536. The van der Waals surface area contributed by atoms with Crippen molar-refractivity contribution in [1.29, 1.82) is 0 Å². The van der Waals surface area contributed by atoms with Crippen LogP contribution in [0.4, 0.5) is 4.39 Å². The zero-order chi connectivity index (χ0) is 14.7. The molecule has 0 aliphatic carbocycles. The zero-order valence-electron chi connectivity index (χ0n) is 12.0. The van der Waals surface area contributed by atoms with Gasteiger partial charge in [0.1, 0.15) is 5.82 Å². The van der Waals surface area contributed by atoms with Crippen LogP contribution >= 0.6 is 11.6 Å². The highest BCUT2D eigenvalue weighted by Crippen LogP contribution is 2.22. The first-order valence-electron chi connectivity index (χ1n) is 6.69. The van der Waals surface area contributed by atoms with Crippen LogP contribution in [0.25, 0.3) is 0 Å². The van der Waals surface area contributed by atoms with Crippen molar-refractivity contribution in [3.63, 3.8) is 0 Å². The summed E-state index contributed by atoms with van der Waals surface area (Å²) < 4.78 is 15.1. The maximum atomic E-state index is 13.2. The molecule has 108 valence electrons. The fraction of sp³-hybridized carbons (Fsp3) is 0.400. The molecule has 5 heteroatoms. The van der Waals surface area contributed by atoms with Gasteiger partial charge < -0.3 is 5.32 Å². The summed E-state index contributed by atoms with van der Waals surface area (Å²) in [7, 11) is 3.85. The van der Waals surface area contributed by atoms with Crippen molar-refractivity contribution in [2.45, 2.75) is 25.8 Å². The van der Waals surface area contributed by atoms with Crippen molar-refractivity contribution in [3.05, 3.63) is 52.1 Å². The van der Waals surface area contributed by atoms with Crippen molar-refractivity contribution in [1.82, 2.24) is 15.1 Å². The van der Waals surface area contributed by atoms with Gasteiger partial charge in [0.2, 0.25) is 0 Å². The number of halogens is 2. The normalized spacial score (nSPS) is 12.7. The third-order valence-corrected chi connectivity index (χ3v) is 3.75. The van der Waals surface area contributed by atoms with Gasteiger partial charge in [-0.25, -0.2) is 4.39 Å². The molecule has 0 saturated carbocycles. The number of hydrogen-bond acceptors (Lipinski definition) is 2. The SMILES string of the molecule is CCc1cc(C(Cc2ccc(F)c(Cl)c2)NC)n(C)n1. The fourth-order valence-electron chi connectivity index (χ4n) is 2.30. The number of likely N-dealkylation sites (N-methyl/N-ethyl adjacent to an activating group) is 1. The van der Waals surface area contributed by atoms with Crippen LogP contribution in [0.5, 0.6) is 0 Å². The largest absolute Gasteiger partial charge is 0.311 e. The highest BCUT2D eigenvalue weighted by atomic mass is 35.5. The highest BCUT2D eigenvalue weighted by Gasteiger charge is 2.16. The minimum absolute atomic E-state index is 0.120. The fourth-order valence-corrected chi connectivity index (χ4v) is 2.50. The lowest BCUT2D eigenvalue weighted by Gasteiger charge is -2.16. The van der Waals surface area contributed by atoms with Crippen molar-refractivity contribution >= 4 is 11.6 Å². The molecule has 1 heterocycles. The molecule has 1 aromatic heterocycles. The molecule has 0 spiro atoms. The van der Waals surface area contributed by atoms with Crippen molar-refractivity contribution < 1.29 is 4.39 Å². The molecule has 3 nitrogen and oxygen atoms in total. The molecule has 0 aliphatic rings. The second-order valence-corrected chi connectivity index (χ2v) is 5.24. The number of rotatable bonds is 5. The number of aryl methyl sites for hydroxylation is 2. The van der Waals surface area contributed by atoms with E-state index in [2.05, 4.69) is 23.4 Å². The maximum Gasteiger partial charge on any atom is 0.141 e. The Morgan fingerprint density at radius 1 is 1.40 bits per heavy atom. The molecular formula is C15H19ClFN3. The standard InChI is InChI=1S/C15H19ClFN3/c1-4-11-9-15(20(3)19-11)14(18-2)8-10-5-6-13(17)12(16)7-10/h5-7,9,14,18H,4,8H2,1-3H3. The van der Waals surface area contributed by atoms with Crippen LogP contribution in [0.15, 0.2) is 24.3 Å². The van der Waals surface area contributed by atoms with Crippen LogP contribution in [-0.4, -0.2) is 16.8 Å². The number of benzene rings is 1. The smallest absolute Gasteiger partial charge is 0.141 e. The Morgan fingerprint density at radius 2 is 2.15 bits per heavy atom. The predicted octanol–water partition coefficient (Wildman–Crippen LogP) is 3.28. The summed E-state index contributed by atoms with van der Waals surface area (Å²) >= 11 is 5.83. The molecule has 20 heavy (non-hydrogen) atoms. The molecule has 1 atom stereocenters. The molecule has 1 unspecified atom stereocenters. The zero-order valence-corrected chi connectivity index (χ0v) is 12.7. The monoisotopic (exact) mass is 295 g/mol. The molecule has 1 aromatic carbocycles. The van der Waals surface area contributed by atoms with E-state index in [1.54, 1.807) is 12.1 Å². The molecular weight excluding hydrogens is 277 g/mol. The van der Waals surface area contributed by atoms with Gasteiger partial charge >= 0.3 is 0 Å². The minimum Gasteiger partial charge on any atom is -0.311 e. The van der Waals surface area contributed by atoms with Gasteiger partial charge in [-0.1, -0.05) is 24.6 Å². The van der Waals surface area contributed by atoms with Gasteiger partial charge in [0, 0.05) is 7.05 Å². The lowest BCUT2D eigenvalue weighted by atomic mass is 10.0. The van der Waals surface area contributed by atoms with E-state index in [9.17, 15) is 4.39 Å². The van der Waals surface area contributed by atoms with E-state index in [-0.39, 0.29) is 16.9 Å². The Kier molecular flexibility index (Phi) is 4.78. The number of nitrogens with one attached hydrogen (secondary N) is 1. The summed E-state index contributed by atoms with van der Waals surface area (Å²) in [6.45, 7) is 2.08. The van der Waals surface area contributed by atoms with Crippen LogP contribution in [-0.2, 0) is 19.9 Å².